The summed E-state index contributed by atoms with van der Waals surface area (Å²) < 4.78 is 6.15. The van der Waals surface area contributed by atoms with Gasteiger partial charge in [-0.05, 0) is 50.4 Å². The van der Waals surface area contributed by atoms with Gasteiger partial charge < -0.3 is 25.2 Å². The van der Waals surface area contributed by atoms with Gasteiger partial charge in [-0.15, -0.1) is 0 Å². The van der Waals surface area contributed by atoms with Gasteiger partial charge in [-0.2, -0.15) is 9.97 Å². The second-order valence-corrected chi connectivity index (χ2v) is 10.2. The quantitative estimate of drug-likeness (QED) is 0.497. The van der Waals surface area contributed by atoms with E-state index in [-0.39, 0.29) is 12.3 Å². The van der Waals surface area contributed by atoms with Crippen LogP contribution in [0.5, 0.6) is 6.01 Å². The number of likely N-dealkylation sites (tertiary alicyclic amines) is 1. The fourth-order valence-corrected chi connectivity index (χ4v) is 5.54. The van der Waals surface area contributed by atoms with E-state index in [1.165, 1.54) is 6.42 Å². The standard InChI is InChI=1S/C27H33ClN6O2/c1-32-13-5-8-19(32)17-36-27-30-22-16-34(23-10-4-7-18-6-3-9-21(28)25(18)23)15-11-20(22)26(31-27)33(2)14-12-24(29)35/h3-4,6-7,9-10,19H,5,8,11-17H2,1-2H3,(H2,29,35)/t19-/m0/s1. The molecule has 36 heavy (non-hydrogen) atoms. The number of fused-ring (bicyclic) bond motifs is 2. The molecule has 2 N–H and O–H groups in total. The van der Waals surface area contributed by atoms with Crippen LogP contribution in [0.3, 0.4) is 0 Å². The fourth-order valence-electron chi connectivity index (χ4n) is 5.26. The van der Waals surface area contributed by atoms with Gasteiger partial charge in [-0.25, -0.2) is 0 Å². The van der Waals surface area contributed by atoms with Crippen LogP contribution < -0.4 is 20.3 Å². The third-order valence-corrected chi connectivity index (χ3v) is 7.64. The van der Waals surface area contributed by atoms with E-state index in [9.17, 15) is 4.79 Å². The summed E-state index contributed by atoms with van der Waals surface area (Å²) in [6.45, 7) is 3.57. The van der Waals surface area contributed by atoms with E-state index in [0.717, 1.165) is 64.5 Å². The maximum absolute atomic E-state index is 11.4. The molecule has 2 aliphatic heterocycles. The van der Waals surface area contributed by atoms with Gasteiger partial charge in [0.05, 0.1) is 17.3 Å². The average Bonchev–Trinajstić information content (AvgIpc) is 3.29. The zero-order valence-corrected chi connectivity index (χ0v) is 21.7. The number of likely N-dealkylation sites (N-methyl/N-ethyl adjacent to an activating group) is 1. The molecule has 1 aromatic heterocycles. The number of carbonyl (C=O) groups is 1. The Morgan fingerprint density at radius 2 is 2.03 bits per heavy atom. The lowest BCUT2D eigenvalue weighted by atomic mass is 10.0. The minimum absolute atomic E-state index is 0.263. The number of primary amides is 1. The molecule has 5 rings (SSSR count). The van der Waals surface area contributed by atoms with Crippen molar-refractivity contribution < 1.29 is 9.53 Å². The molecule has 3 heterocycles. The van der Waals surface area contributed by atoms with Gasteiger partial charge >= 0.3 is 6.01 Å². The van der Waals surface area contributed by atoms with Crippen LogP contribution >= 0.6 is 11.6 Å². The molecule has 0 saturated carbocycles. The molecule has 0 unspecified atom stereocenters. The molecule has 190 valence electrons. The largest absolute Gasteiger partial charge is 0.462 e. The highest BCUT2D eigenvalue weighted by atomic mass is 35.5. The predicted octanol–water partition coefficient (Wildman–Crippen LogP) is 3.63. The van der Waals surface area contributed by atoms with Gasteiger partial charge in [0, 0.05) is 49.2 Å². The molecule has 2 aromatic carbocycles. The van der Waals surface area contributed by atoms with Crippen LogP contribution in [0.4, 0.5) is 11.5 Å². The monoisotopic (exact) mass is 508 g/mol. The van der Waals surface area contributed by atoms with E-state index in [1.54, 1.807) is 0 Å². The highest BCUT2D eigenvalue weighted by Crippen LogP contribution is 2.36. The van der Waals surface area contributed by atoms with Crippen molar-refractivity contribution >= 4 is 39.8 Å². The summed E-state index contributed by atoms with van der Waals surface area (Å²) in [4.78, 5) is 27.7. The van der Waals surface area contributed by atoms with Gasteiger partial charge in [0.1, 0.15) is 12.4 Å². The Morgan fingerprint density at radius 3 is 2.78 bits per heavy atom. The van der Waals surface area contributed by atoms with Crippen molar-refractivity contribution in [2.45, 2.75) is 38.3 Å². The maximum atomic E-state index is 11.4. The summed E-state index contributed by atoms with van der Waals surface area (Å²) in [6.07, 6.45) is 3.33. The first kappa shape index (κ1) is 24.6. The summed E-state index contributed by atoms with van der Waals surface area (Å²) in [7, 11) is 4.07. The Bertz CT molecular complexity index is 1260. The van der Waals surface area contributed by atoms with Crippen LogP contribution in [-0.4, -0.2) is 67.2 Å². The van der Waals surface area contributed by atoms with Gasteiger partial charge in [-0.1, -0.05) is 35.9 Å². The van der Waals surface area contributed by atoms with Crippen molar-refractivity contribution in [1.29, 1.82) is 0 Å². The normalized spacial score (nSPS) is 17.9. The molecule has 1 atom stereocenters. The molecule has 0 aliphatic carbocycles. The third-order valence-electron chi connectivity index (χ3n) is 7.33. The minimum atomic E-state index is -0.329. The molecule has 1 saturated heterocycles. The van der Waals surface area contributed by atoms with Crippen molar-refractivity contribution in [2.24, 2.45) is 5.73 Å². The van der Waals surface area contributed by atoms with Crippen LogP contribution in [0.15, 0.2) is 36.4 Å². The molecule has 1 fully saturated rings. The summed E-state index contributed by atoms with van der Waals surface area (Å²) in [5, 5.41) is 2.91. The molecule has 0 bridgehead atoms. The van der Waals surface area contributed by atoms with Crippen molar-refractivity contribution in [3.63, 3.8) is 0 Å². The SMILES string of the molecule is CN(CCC(N)=O)c1nc(OC[C@@H]2CCCN2C)nc2c1CCN(c1cccc3cccc(Cl)c13)C2. The van der Waals surface area contributed by atoms with Gasteiger partial charge in [-0.3, -0.25) is 4.79 Å². The summed E-state index contributed by atoms with van der Waals surface area (Å²) >= 11 is 6.63. The predicted molar refractivity (Wildman–Crippen MR) is 144 cm³/mol. The molecule has 0 spiro atoms. The summed E-state index contributed by atoms with van der Waals surface area (Å²) in [5.41, 5.74) is 8.54. The van der Waals surface area contributed by atoms with Crippen LogP contribution in [0.25, 0.3) is 10.8 Å². The van der Waals surface area contributed by atoms with E-state index in [4.69, 9.17) is 32.0 Å². The highest BCUT2D eigenvalue weighted by Gasteiger charge is 2.27. The topological polar surface area (TPSA) is 87.8 Å². The molecule has 2 aliphatic rings. The molecular formula is C27H33ClN6O2. The number of nitrogens with two attached hydrogens (primary N) is 1. The van der Waals surface area contributed by atoms with Crippen LogP contribution in [0, 0.1) is 0 Å². The lowest BCUT2D eigenvalue weighted by Gasteiger charge is -2.33. The second-order valence-electron chi connectivity index (χ2n) is 9.77. The number of anilines is 2. The van der Waals surface area contributed by atoms with E-state index < -0.39 is 0 Å². The van der Waals surface area contributed by atoms with Gasteiger partial charge in [0.15, 0.2) is 0 Å². The number of benzene rings is 2. The average molecular weight is 509 g/mol. The van der Waals surface area contributed by atoms with Crippen molar-refractivity contribution in [1.82, 2.24) is 14.9 Å². The molecule has 8 nitrogen and oxygen atoms in total. The number of aromatic nitrogens is 2. The third kappa shape index (κ3) is 5.06. The number of rotatable bonds is 8. The first-order chi connectivity index (χ1) is 17.4. The van der Waals surface area contributed by atoms with E-state index in [2.05, 4.69) is 41.1 Å². The first-order valence-corrected chi connectivity index (χ1v) is 12.9. The van der Waals surface area contributed by atoms with E-state index in [1.807, 2.05) is 24.1 Å². The Hall–Kier alpha value is -3.10. The zero-order valence-electron chi connectivity index (χ0n) is 20.9. The number of halogens is 1. The van der Waals surface area contributed by atoms with Crippen molar-refractivity contribution in [2.75, 3.05) is 50.1 Å². The lowest BCUT2D eigenvalue weighted by molar-refractivity contribution is -0.117. The Kier molecular flexibility index (Phi) is 7.16. The number of ether oxygens (including phenoxy) is 1. The minimum Gasteiger partial charge on any atom is -0.462 e. The van der Waals surface area contributed by atoms with E-state index >= 15 is 0 Å². The molecule has 9 heteroatoms. The van der Waals surface area contributed by atoms with Crippen molar-refractivity contribution in [3.05, 3.63) is 52.7 Å². The van der Waals surface area contributed by atoms with E-state index in [0.29, 0.717) is 31.7 Å². The Balaban J connectivity index is 1.47. The smallest absolute Gasteiger partial charge is 0.318 e. The number of amides is 1. The number of carbonyl (C=O) groups excluding carboxylic acids is 1. The highest BCUT2D eigenvalue weighted by molar-refractivity contribution is 6.36. The maximum Gasteiger partial charge on any atom is 0.318 e. The molecular weight excluding hydrogens is 476 g/mol. The number of hydrogen-bond acceptors (Lipinski definition) is 7. The number of nitrogens with zero attached hydrogens (tertiary/aromatic N) is 5. The van der Waals surface area contributed by atoms with Gasteiger partial charge in [0.25, 0.3) is 0 Å². The summed E-state index contributed by atoms with van der Waals surface area (Å²) in [5.74, 6) is 0.483. The number of hydrogen-bond donors (Lipinski definition) is 1. The Morgan fingerprint density at radius 1 is 1.22 bits per heavy atom. The lowest BCUT2D eigenvalue weighted by Crippen LogP contribution is -2.35. The first-order valence-electron chi connectivity index (χ1n) is 12.5. The molecule has 1 amide bonds. The molecule has 0 radical (unpaired) electrons. The van der Waals surface area contributed by atoms with Crippen molar-refractivity contribution in [3.8, 4) is 6.01 Å². The Labute approximate surface area is 217 Å². The zero-order chi connectivity index (χ0) is 25.2. The van der Waals surface area contributed by atoms with Crippen LogP contribution in [-0.2, 0) is 17.8 Å². The van der Waals surface area contributed by atoms with Crippen LogP contribution in [0.2, 0.25) is 5.02 Å². The van der Waals surface area contributed by atoms with Crippen LogP contribution in [0.1, 0.15) is 30.5 Å². The second kappa shape index (κ2) is 10.5. The summed E-state index contributed by atoms with van der Waals surface area (Å²) in [6, 6.07) is 13.0. The molecule has 3 aromatic rings. The van der Waals surface area contributed by atoms with Gasteiger partial charge in [0.2, 0.25) is 5.91 Å². The fraction of sp³-hybridized carbons (Fsp3) is 0.444.